The number of nitrogens with zero attached hydrogens (tertiary/aromatic N) is 5. The largest absolute Gasteiger partial charge is 0.466 e. The smallest absolute Gasteiger partial charge is 0.332 e. The second-order valence-electron chi connectivity index (χ2n) is 6.75. The second kappa shape index (κ2) is 7.90. The number of hydrogen-bond donors (Lipinski definition) is 0. The molecule has 3 heterocycles. The molecule has 0 bridgehead atoms. The van der Waals surface area contributed by atoms with Crippen LogP contribution in [0.4, 0.5) is 0 Å². The van der Waals surface area contributed by atoms with Gasteiger partial charge in [-0.15, -0.1) is 0 Å². The van der Waals surface area contributed by atoms with Crippen molar-refractivity contribution in [3.63, 3.8) is 0 Å². The number of ether oxygens (including phenoxy) is 1. The molecule has 1 saturated heterocycles. The van der Waals surface area contributed by atoms with E-state index in [9.17, 15) is 19.2 Å². The Morgan fingerprint density at radius 3 is 2.43 bits per heavy atom. The first-order chi connectivity index (χ1) is 13.3. The zero-order valence-electron chi connectivity index (χ0n) is 16.0. The number of esters is 1. The van der Waals surface area contributed by atoms with Crippen molar-refractivity contribution < 1.29 is 14.3 Å². The van der Waals surface area contributed by atoms with Crippen LogP contribution in [-0.2, 0) is 35.0 Å². The van der Waals surface area contributed by atoms with Crippen molar-refractivity contribution >= 4 is 39.0 Å². The summed E-state index contributed by atoms with van der Waals surface area (Å²) in [5, 5.41) is 0. The summed E-state index contributed by atoms with van der Waals surface area (Å²) >= 11 is 3.28. The standard InChI is InChI=1S/C17H22BrN5O5/c1-4-28-15(26)10-5-7-22(8-6-10)11(24)9-23-13-12(19-16(23)18)14(25)21(3)17(27)20(13)2/h10H,4-9H2,1-3H3. The molecule has 1 amide bonds. The van der Waals surface area contributed by atoms with Gasteiger partial charge in [-0.05, 0) is 35.7 Å². The second-order valence-corrected chi connectivity index (χ2v) is 7.46. The van der Waals surface area contributed by atoms with Gasteiger partial charge in [-0.1, -0.05) is 0 Å². The Balaban J connectivity index is 1.81. The topological polar surface area (TPSA) is 108 Å². The summed E-state index contributed by atoms with van der Waals surface area (Å²) in [5.74, 6) is -0.576. The number of hydrogen-bond acceptors (Lipinski definition) is 6. The molecule has 1 aliphatic heterocycles. The Morgan fingerprint density at radius 1 is 1.18 bits per heavy atom. The first-order valence-electron chi connectivity index (χ1n) is 9.02. The molecule has 10 nitrogen and oxygen atoms in total. The number of carbonyl (C=O) groups is 2. The van der Waals surface area contributed by atoms with E-state index in [-0.39, 0.29) is 35.5 Å². The summed E-state index contributed by atoms with van der Waals surface area (Å²) < 4.78 is 9.14. The van der Waals surface area contributed by atoms with Crippen molar-refractivity contribution in [3.05, 3.63) is 25.6 Å². The lowest BCUT2D eigenvalue weighted by Gasteiger charge is -2.31. The van der Waals surface area contributed by atoms with Crippen molar-refractivity contribution in [1.29, 1.82) is 0 Å². The van der Waals surface area contributed by atoms with Crippen LogP contribution in [0.2, 0.25) is 0 Å². The lowest BCUT2D eigenvalue weighted by atomic mass is 9.97. The Bertz CT molecular complexity index is 1040. The number of rotatable bonds is 4. The maximum atomic E-state index is 12.8. The zero-order valence-corrected chi connectivity index (χ0v) is 17.6. The van der Waals surface area contributed by atoms with Gasteiger partial charge in [0, 0.05) is 27.2 Å². The predicted octanol–water partition coefficient (Wildman–Crippen LogP) is -0.00210. The van der Waals surface area contributed by atoms with E-state index < -0.39 is 11.2 Å². The van der Waals surface area contributed by atoms with Gasteiger partial charge in [0.2, 0.25) is 5.91 Å². The molecule has 1 aliphatic rings. The van der Waals surface area contributed by atoms with Gasteiger partial charge in [0.05, 0.1) is 12.5 Å². The van der Waals surface area contributed by atoms with Gasteiger partial charge in [0.1, 0.15) is 6.54 Å². The quantitative estimate of drug-likeness (QED) is 0.474. The number of amides is 1. The summed E-state index contributed by atoms with van der Waals surface area (Å²) in [6.45, 7) is 2.95. The van der Waals surface area contributed by atoms with Crippen LogP contribution in [0.5, 0.6) is 0 Å². The SMILES string of the molecule is CCOC(=O)C1CCN(C(=O)Cn2c(Br)nc3c(=O)n(C)c(=O)n(C)c32)CC1. The van der Waals surface area contributed by atoms with Crippen molar-refractivity contribution in [1.82, 2.24) is 23.6 Å². The molecule has 0 N–H and O–H groups in total. The first-order valence-corrected chi connectivity index (χ1v) is 9.81. The van der Waals surface area contributed by atoms with Crippen LogP contribution in [-0.4, -0.2) is 55.2 Å². The highest BCUT2D eigenvalue weighted by Crippen LogP contribution is 2.21. The molecule has 2 aromatic rings. The van der Waals surface area contributed by atoms with Crippen molar-refractivity contribution in [3.8, 4) is 0 Å². The third kappa shape index (κ3) is 3.50. The summed E-state index contributed by atoms with van der Waals surface area (Å²) in [4.78, 5) is 55.0. The van der Waals surface area contributed by atoms with Gasteiger partial charge in [-0.25, -0.2) is 9.78 Å². The molecule has 0 spiro atoms. The van der Waals surface area contributed by atoms with Gasteiger partial charge >= 0.3 is 11.7 Å². The number of aryl methyl sites for hydroxylation is 1. The fraction of sp³-hybridized carbons (Fsp3) is 0.588. The van der Waals surface area contributed by atoms with Crippen LogP contribution in [0.3, 0.4) is 0 Å². The highest BCUT2D eigenvalue weighted by atomic mass is 79.9. The molecule has 0 saturated carbocycles. The van der Waals surface area contributed by atoms with Gasteiger partial charge in [-0.2, -0.15) is 0 Å². The lowest BCUT2D eigenvalue weighted by Crippen LogP contribution is -2.42. The Hall–Kier alpha value is -2.43. The molecule has 0 unspecified atom stereocenters. The van der Waals surface area contributed by atoms with Crippen LogP contribution in [0.25, 0.3) is 11.2 Å². The third-order valence-corrected chi connectivity index (χ3v) is 5.66. The molecule has 0 aromatic carbocycles. The molecule has 1 fully saturated rings. The lowest BCUT2D eigenvalue weighted by molar-refractivity contribution is -0.151. The van der Waals surface area contributed by atoms with E-state index in [0.29, 0.717) is 37.3 Å². The number of carbonyl (C=O) groups excluding carboxylic acids is 2. The summed E-state index contributed by atoms with van der Waals surface area (Å²) in [6.07, 6.45) is 1.10. The molecule has 28 heavy (non-hydrogen) atoms. The number of likely N-dealkylation sites (tertiary alicyclic amines) is 1. The molecule has 0 radical (unpaired) electrons. The average molecular weight is 456 g/mol. The summed E-state index contributed by atoms with van der Waals surface area (Å²) in [6, 6.07) is 0. The summed E-state index contributed by atoms with van der Waals surface area (Å²) in [5.41, 5.74) is -0.603. The number of fused-ring (bicyclic) bond motifs is 1. The summed E-state index contributed by atoms with van der Waals surface area (Å²) in [7, 11) is 2.92. The van der Waals surface area contributed by atoms with E-state index >= 15 is 0 Å². The minimum atomic E-state index is -0.514. The highest BCUT2D eigenvalue weighted by Gasteiger charge is 2.29. The molecule has 152 valence electrons. The first kappa shape index (κ1) is 20.3. The normalized spacial score (nSPS) is 15.2. The Labute approximate surface area is 168 Å². The highest BCUT2D eigenvalue weighted by molar-refractivity contribution is 9.10. The monoisotopic (exact) mass is 455 g/mol. The maximum Gasteiger partial charge on any atom is 0.332 e. The van der Waals surface area contributed by atoms with Crippen LogP contribution in [0.1, 0.15) is 19.8 Å². The average Bonchev–Trinajstić information content (AvgIpc) is 3.01. The molecule has 3 rings (SSSR count). The molecular formula is C17H22BrN5O5. The van der Waals surface area contributed by atoms with Crippen LogP contribution in [0, 0.1) is 5.92 Å². The molecular weight excluding hydrogens is 434 g/mol. The van der Waals surface area contributed by atoms with Crippen molar-refractivity contribution in [2.24, 2.45) is 20.0 Å². The number of imidazole rings is 1. The number of piperidine rings is 1. The zero-order chi connectivity index (χ0) is 20.6. The van der Waals surface area contributed by atoms with E-state index in [1.54, 1.807) is 11.8 Å². The van der Waals surface area contributed by atoms with Crippen molar-refractivity contribution in [2.75, 3.05) is 19.7 Å². The molecule has 2 aromatic heterocycles. The van der Waals surface area contributed by atoms with E-state index in [1.165, 1.54) is 23.2 Å². The maximum absolute atomic E-state index is 12.8. The van der Waals surface area contributed by atoms with Gasteiger partial charge in [0.25, 0.3) is 5.56 Å². The fourth-order valence-corrected chi connectivity index (χ4v) is 3.93. The van der Waals surface area contributed by atoms with E-state index in [4.69, 9.17) is 4.74 Å². The third-order valence-electron chi connectivity index (χ3n) is 5.05. The Morgan fingerprint density at radius 2 is 1.82 bits per heavy atom. The van der Waals surface area contributed by atoms with Crippen molar-refractivity contribution in [2.45, 2.75) is 26.3 Å². The minimum absolute atomic E-state index is 0.0679. The van der Waals surface area contributed by atoms with E-state index in [0.717, 1.165) is 4.57 Å². The van der Waals surface area contributed by atoms with Gasteiger partial charge in [-0.3, -0.25) is 28.1 Å². The van der Waals surface area contributed by atoms with Crippen LogP contribution >= 0.6 is 15.9 Å². The fourth-order valence-electron chi connectivity index (χ4n) is 3.46. The Kier molecular flexibility index (Phi) is 5.73. The molecule has 0 aliphatic carbocycles. The predicted molar refractivity (Wildman–Crippen MR) is 104 cm³/mol. The van der Waals surface area contributed by atoms with Crippen LogP contribution < -0.4 is 11.2 Å². The molecule has 0 atom stereocenters. The van der Waals surface area contributed by atoms with Gasteiger partial charge < -0.3 is 9.64 Å². The van der Waals surface area contributed by atoms with Gasteiger partial charge in [0.15, 0.2) is 15.9 Å². The van der Waals surface area contributed by atoms with E-state index in [1.807, 2.05) is 0 Å². The van der Waals surface area contributed by atoms with Crippen LogP contribution in [0.15, 0.2) is 14.3 Å². The molecule has 11 heteroatoms. The minimum Gasteiger partial charge on any atom is -0.466 e. The van der Waals surface area contributed by atoms with E-state index in [2.05, 4.69) is 20.9 Å². The number of aromatic nitrogens is 4. The number of halogens is 1.